The maximum Gasteiger partial charge on any atom is 0.251 e. The number of aryl methyl sites for hydroxylation is 1. The number of nitrogens with two attached hydrogens (primary N) is 1. The molecule has 0 bridgehead atoms. The normalized spacial score (nSPS) is 10.4. The molecule has 0 radical (unpaired) electrons. The molecular formula is C13H14FN3OS. The minimum Gasteiger partial charge on any atom is -0.399 e. The number of thiazole rings is 1. The quantitative estimate of drug-likeness (QED) is 0.844. The molecule has 0 spiro atoms. The third-order valence-corrected chi connectivity index (χ3v) is 3.67. The Labute approximate surface area is 114 Å². The molecule has 1 amide bonds. The predicted octanol–water partition coefficient (Wildman–Crippen LogP) is 2.36. The highest BCUT2D eigenvalue weighted by molar-refractivity contribution is 7.11. The van der Waals surface area contributed by atoms with E-state index < -0.39 is 5.82 Å². The van der Waals surface area contributed by atoms with E-state index in [0.717, 1.165) is 17.5 Å². The molecule has 100 valence electrons. The summed E-state index contributed by atoms with van der Waals surface area (Å²) in [6, 6.07) is 3.77. The Hall–Kier alpha value is -1.95. The van der Waals surface area contributed by atoms with Crippen molar-refractivity contribution in [1.82, 2.24) is 10.3 Å². The summed E-state index contributed by atoms with van der Waals surface area (Å²) >= 11 is 1.55. The summed E-state index contributed by atoms with van der Waals surface area (Å²) in [6.07, 6.45) is 2.72. The Balaban J connectivity index is 2.00. The number of amides is 1. The first-order valence-corrected chi connectivity index (χ1v) is 6.68. The smallest absolute Gasteiger partial charge is 0.251 e. The molecule has 19 heavy (non-hydrogen) atoms. The topological polar surface area (TPSA) is 68.0 Å². The molecule has 0 aliphatic carbocycles. The van der Waals surface area contributed by atoms with Crippen molar-refractivity contribution in [1.29, 1.82) is 0 Å². The van der Waals surface area contributed by atoms with Crippen LogP contribution in [-0.4, -0.2) is 10.9 Å². The van der Waals surface area contributed by atoms with Crippen LogP contribution in [0.4, 0.5) is 10.1 Å². The van der Waals surface area contributed by atoms with Gasteiger partial charge in [-0.05, 0) is 24.6 Å². The van der Waals surface area contributed by atoms with Crippen LogP contribution in [0.3, 0.4) is 0 Å². The second-order valence-electron chi connectivity index (χ2n) is 4.03. The highest BCUT2D eigenvalue weighted by Crippen LogP contribution is 2.14. The van der Waals surface area contributed by atoms with Gasteiger partial charge in [0.15, 0.2) is 0 Å². The molecule has 0 fully saturated rings. The molecule has 2 aromatic rings. The lowest BCUT2D eigenvalue weighted by atomic mass is 10.2. The van der Waals surface area contributed by atoms with Crippen molar-refractivity contribution in [2.45, 2.75) is 19.9 Å². The minimum absolute atomic E-state index is 0.213. The first-order valence-electron chi connectivity index (χ1n) is 5.86. The Morgan fingerprint density at radius 2 is 2.26 bits per heavy atom. The van der Waals surface area contributed by atoms with E-state index in [4.69, 9.17) is 5.73 Å². The van der Waals surface area contributed by atoms with E-state index in [1.807, 2.05) is 6.92 Å². The fraction of sp³-hybridized carbons (Fsp3) is 0.231. The summed E-state index contributed by atoms with van der Waals surface area (Å²) in [6.45, 7) is 2.38. The van der Waals surface area contributed by atoms with Crippen molar-refractivity contribution in [3.05, 3.63) is 45.7 Å². The van der Waals surface area contributed by atoms with E-state index in [0.29, 0.717) is 6.54 Å². The Bertz CT molecular complexity index is 577. The van der Waals surface area contributed by atoms with Gasteiger partial charge in [0, 0.05) is 22.3 Å². The molecular weight excluding hydrogens is 265 g/mol. The summed E-state index contributed by atoms with van der Waals surface area (Å²) in [7, 11) is 0. The summed E-state index contributed by atoms with van der Waals surface area (Å²) in [5.74, 6) is -0.882. The monoisotopic (exact) mass is 279 g/mol. The van der Waals surface area contributed by atoms with Crippen molar-refractivity contribution < 1.29 is 9.18 Å². The Morgan fingerprint density at radius 3 is 2.89 bits per heavy atom. The van der Waals surface area contributed by atoms with Gasteiger partial charge in [-0.3, -0.25) is 4.79 Å². The van der Waals surface area contributed by atoms with Gasteiger partial charge in [-0.1, -0.05) is 6.92 Å². The zero-order valence-electron chi connectivity index (χ0n) is 10.4. The average molecular weight is 279 g/mol. The number of carbonyl (C=O) groups is 1. The number of nitrogen functional groups attached to an aromatic ring is 1. The number of hydrogen-bond acceptors (Lipinski definition) is 4. The lowest BCUT2D eigenvalue weighted by Gasteiger charge is -2.04. The van der Waals surface area contributed by atoms with Crippen LogP contribution in [0.5, 0.6) is 0 Å². The fourth-order valence-electron chi connectivity index (χ4n) is 1.59. The van der Waals surface area contributed by atoms with Crippen molar-refractivity contribution >= 4 is 22.9 Å². The molecule has 0 saturated heterocycles. The molecule has 1 aromatic carbocycles. The van der Waals surface area contributed by atoms with Gasteiger partial charge in [-0.2, -0.15) is 0 Å². The molecule has 0 saturated carbocycles. The highest BCUT2D eigenvalue weighted by Gasteiger charge is 2.09. The number of rotatable bonds is 4. The van der Waals surface area contributed by atoms with Crippen molar-refractivity contribution in [3.63, 3.8) is 0 Å². The molecule has 0 aliphatic heterocycles. The molecule has 1 aromatic heterocycles. The van der Waals surface area contributed by atoms with Crippen molar-refractivity contribution in [2.24, 2.45) is 0 Å². The summed E-state index contributed by atoms with van der Waals surface area (Å²) in [5.41, 5.74) is 5.94. The van der Waals surface area contributed by atoms with E-state index in [1.165, 1.54) is 17.0 Å². The zero-order chi connectivity index (χ0) is 13.8. The van der Waals surface area contributed by atoms with Crippen LogP contribution >= 0.6 is 11.3 Å². The zero-order valence-corrected chi connectivity index (χ0v) is 11.3. The number of anilines is 1. The summed E-state index contributed by atoms with van der Waals surface area (Å²) < 4.78 is 13.1. The molecule has 6 heteroatoms. The SMILES string of the molecule is CCc1cnc(CNC(=O)c2cc(N)cc(F)c2)s1. The first-order chi connectivity index (χ1) is 9.08. The predicted molar refractivity (Wildman–Crippen MR) is 73.5 cm³/mol. The lowest BCUT2D eigenvalue weighted by molar-refractivity contribution is 0.0950. The fourth-order valence-corrected chi connectivity index (χ4v) is 2.40. The van der Waals surface area contributed by atoms with Crippen LogP contribution in [0.2, 0.25) is 0 Å². The van der Waals surface area contributed by atoms with Gasteiger partial charge in [-0.25, -0.2) is 9.37 Å². The lowest BCUT2D eigenvalue weighted by Crippen LogP contribution is -2.22. The third-order valence-electron chi connectivity index (χ3n) is 2.53. The van der Waals surface area contributed by atoms with Crippen molar-refractivity contribution in [2.75, 3.05) is 5.73 Å². The minimum atomic E-state index is -0.521. The second-order valence-corrected chi connectivity index (χ2v) is 5.23. The van der Waals surface area contributed by atoms with Crippen LogP contribution in [-0.2, 0) is 13.0 Å². The van der Waals surface area contributed by atoms with E-state index in [-0.39, 0.29) is 17.2 Å². The van der Waals surface area contributed by atoms with E-state index >= 15 is 0 Å². The van der Waals surface area contributed by atoms with Gasteiger partial charge in [0.25, 0.3) is 5.91 Å². The van der Waals surface area contributed by atoms with Crippen LogP contribution in [0.1, 0.15) is 27.2 Å². The molecule has 0 aliphatic rings. The van der Waals surface area contributed by atoms with E-state index in [2.05, 4.69) is 10.3 Å². The second kappa shape index (κ2) is 5.79. The van der Waals surface area contributed by atoms with Crippen LogP contribution in [0.25, 0.3) is 0 Å². The van der Waals surface area contributed by atoms with Crippen molar-refractivity contribution in [3.8, 4) is 0 Å². The van der Waals surface area contributed by atoms with E-state index in [1.54, 1.807) is 17.5 Å². The van der Waals surface area contributed by atoms with Gasteiger partial charge in [-0.15, -0.1) is 11.3 Å². The summed E-state index contributed by atoms with van der Waals surface area (Å²) in [4.78, 5) is 17.2. The number of hydrogen-bond donors (Lipinski definition) is 2. The van der Waals surface area contributed by atoms with Crippen LogP contribution in [0.15, 0.2) is 24.4 Å². The molecule has 1 heterocycles. The average Bonchev–Trinajstić information content (AvgIpc) is 2.82. The first kappa shape index (κ1) is 13.5. The number of aromatic nitrogens is 1. The summed E-state index contributed by atoms with van der Waals surface area (Å²) in [5, 5.41) is 3.52. The standard InChI is InChI=1S/C13H14FN3OS/c1-2-11-6-16-12(19-11)7-17-13(18)8-3-9(14)5-10(15)4-8/h3-6H,2,7,15H2,1H3,(H,17,18). The largest absolute Gasteiger partial charge is 0.399 e. The Morgan fingerprint density at radius 1 is 1.47 bits per heavy atom. The molecule has 0 unspecified atom stereocenters. The van der Waals surface area contributed by atoms with E-state index in [9.17, 15) is 9.18 Å². The molecule has 2 rings (SSSR count). The van der Waals surface area contributed by atoms with Gasteiger partial charge in [0.1, 0.15) is 10.8 Å². The number of benzene rings is 1. The van der Waals surface area contributed by atoms with Gasteiger partial charge in [0.2, 0.25) is 0 Å². The number of nitrogens with zero attached hydrogens (tertiary/aromatic N) is 1. The van der Waals surface area contributed by atoms with Gasteiger partial charge < -0.3 is 11.1 Å². The van der Waals surface area contributed by atoms with Gasteiger partial charge >= 0.3 is 0 Å². The Kier molecular flexibility index (Phi) is 4.11. The maximum atomic E-state index is 13.1. The maximum absolute atomic E-state index is 13.1. The number of carbonyl (C=O) groups excluding carboxylic acids is 1. The van der Waals surface area contributed by atoms with Crippen LogP contribution in [0, 0.1) is 5.82 Å². The van der Waals surface area contributed by atoms with Crippen LogP contribution < -0.4 is 11.1 Å². The molecule has 3 N–H and O–H groups in total. The van der Waals surface area contributed by atoms with Gasteiger partial charge in [0.05, 0.1) is 6.54 Å². The number of halogens is 1. The highest BCUT2D eigenvalue weighted by atomic mass is 32.1. The molecule has 0 atom stereocenters. The third kappa shape index (κ3) is 3.51. The number of nitrogens with one attached hydrogen (secondary N) is 1. The molecule has 4 nitrogen and oxygen atoms in total.